The van der Waals surface area contributed by atoms with Crippen molar-refractivity contribution in [3.63, 3.8) is 0 Å². The molecule has 1 saturated heterocycles. The average Bonchev–Trinajstić information content (AvgIpc) is 2.58. The molecule has 1 fully saturated rings. The Morgan fingerprint density at radius 2 is 1.96 bits per heavy atom. The predicted molar refractivity (Wildman–Crippen MR) is 94.0 cm³/mol. The van der Waals surface area contributed by atoms with Crippen molar-refractivity contribution in [2.75, 3.05) is 47.0 Å². The SMILES string of the molecule is COCCN1CCC(CNS(=O)(=O)c2ccc(OC)cc2C)CC1. The van der Waals surface area contributed by atoms with Crippen LogP contribution in [0.15, 0.2) is 23.1 Å². The Kier molecular flexibility index (Phi) is 7.03. The third-order valence-electron chi connectivity index (χ3n) is 4.55. The fourth-order valence-corrected chi connectivity index (χ4v) is 4.33. The summed E-state index contributed by atoms with van der Waals surface area (Å²) < 4.78 is 38.0. The van der Waals surface area contributed by atoms with Crippen LogP contribution in [0.5, 0.6) is 5.75 Å². The van der Waals surface area contributed by atoms with Crippen molar-refractivity contribution in [2.45, 2.75) is 24.7 Å². The van der Waals surface area contributed by atoms with Gasteiger partial charge in [0.15, 0.2) is 0 Å². The van der Waals surface area contributed by atoms with Crippen molar-refractivity contribution in [2.24, 2.45) is 5.92 Å². The molecular formula is C17H28N2O4S. The Labute approximate surface area is 145 Å². The van der Waals surface area contributed by atoms with Gasteiger partial charge >= 0.3 is 0 Å². The minimum Gasteiger partial charge on any atom is -0.497 e. The quantitative estimate of drug-likeness (QED) is 0.767. The van der Waals surface area contributed by atoms with Crippen LogP contribution >= 0.6 is 0 Å². The zero-order chi connectivity index (χ0) is 17.6. The largest absolute Gasteiger partial charge is 0.497 e. The number of benzene rings is 1. The molecule has 0 spiro atoms. The molecule has 0 aliphatic carbocycles. The van der Waals surface area contributed by atoms with Gasteiger partial charge in [0, 0.05) is 20.2 Å². The summed E-state index contributed by atoms with van der Waals surface area (Å²) in [4.78, 5) is 2.68. The summed E-state index contributed by atoms with van der Waals surface area (Å²) >= 11 is 0. The van der Waals surface area contributed by atoms with Crippen LogP contribution in [0.1, 0.15) is 18.4 Å². The second-order valence-corrected chi connectivity index (χ2v) is 8.00. The molecule has 1 aliphatic rings. The molecule has 1 heterocycles. The molecule has 1 aliphatic heterocycles. The number of nitrogens with zero attached hydrogens (tertiary/aromatic N) is 1. The number of nitrogens with one attached hydrogen (secondary N) is 1. The highest BCUT2D eigenvalue weighted by Gasteiger charge is 2.22. The number of methoxy groups -OCH3 is 2. The van der Waals surface area contributed by atoms with Crippen LogP contribution in [0.4, 0.5) is 0 Å². The standard InChI is InChI=1S/C17H28N2O4S/c1-14-12-16(23-3)4-5-17(14)24(20,21)18-13-15-6-8-19(9-7-15)10-11-22-2/h4-5,12,15,18H,6-11,13H2,1-3H3. The van der Waals surface area contributed by atoms with Crippen LogP contribution < -0.4 is 9.46 Å². The molecule has 0 unspecified atom stereocenters. The molecular weight excluding hydrogens is 328 g/mol. The lowest BCUT2D eigenvalue weighted by atomic mass is 9.97. The van der Waals surface area contributed by atoms with E-state index in [0.29, 0.717) is 28.7 Å². The number of ether oxygens (including phenoxy) is 2. The van der Waals surface area contributed by atoms with E-state index in [0.717, 1.165) is 39.1 Å². The highest BCUT2D eigenvalue weighted by molar-refractivity contribution is 7.89. The summed E-state index contributed by atoms with van der Waals surface area (Å²) in [7, 11) is -0.202. The Bertz CT molecular complexity index is 625. The maximum atomic E-state index is 12.5. The van der Waals surface area contributed by atoms with Gasteiger partial charge in [-0.25, -0.2) is 13.1 Å². The fourth-order valence-electron chi connectivity index (χ4n) is 2.99. The Hall–Kier alpha value is -1.15. The molecule has 0 aromatic heterocycles. The van der Waals surface area contributed by atoms with Gasteiger partial charge in [0.05, 0.1) is 18.6 Å². The molecule has 2 rings (SSSR count). The van der Waals surface area contributed by atoms with Gasteiger partial charge in [0.25, 0.3) is 0 Å². The maximum absolute atomic E-state index is 12.5. The van der Waals surface area contributed by atoms with E-state index >= 15 is 0 Å². The van der Waals surface area contributed by atoms with Crippen molar-refractivity contribution in [1.29, 1.82) is 0 Å². The lowest BCUT2D eigenvalue weighted by Crippen LogP contribution is -2.39. The Balaban J connectivity index is 1.87. The molecule has 24 heavy (non-hydrogen) atoms. The number of rotatable bonds is 8. The topological polar surface area (TPSA) is 67.9 Å². The van der Waals surface area contributed by atoms with Crippen molar-refractivity contribution >= 4 is 10.0 Å². The van der Waals surface area contributed by atoms with Crippen LogP contribution in [0.3, 0.4) is 0 Å². The second kappa shape index (κ2) is 8.80. The number of hydrogen-bond donors (Lipinski definition) is 1. The molecule has 6 nitrogen and oxygen atoms in total. The van der Waals surface area contributed by atoms with E-state index in [-0.39, 0.29) is 0 Å². The maximum Gasteiger partial charge on any atom is 0.240 e. The van der Waals surface area contributed by atoms with Crippen molar-refractivity contribution in [1.82, 2.24) is 9.62 Å². The first kappa shape index (κ1) is 19.2. The van der Waals surface area contributed by atoms with Crippen LogP contribution in [0, 0.1) is 12.8 Å². The zero-order valence-electron chi connectivity index (χ0n) is 14.7. The molecule has 0 amide bonds. The highest BCUT2D eigenvalue weighted by Crippen LogP contribution is 2.22. The third kappa shape index (κ3) is 5.17. The van der Waals surface area contributed by atoms with Crippen LogP contribution in [-0.2, 0) is 14.8 Å². The van der Waals surface area contributed by atoms with Gasteiger partial charge in [-0.05, 0) is 62.5 Å². The van der Waals surface area contributed by atoms with Gasteiger partial charge in [-0.15, -0.1) is 0 Å². The van der Waals surface area contributed by atoms with E-state index in [1.165, 1.54) is 0 Å². The summed E-state index contributed by atoms with van der Waals surface area (Å²) in [6.07, 6.45) is 2.02. The molecule has 0 atom stereocenters. The van der Waals surface area contributed by atoms with E-state index in [1.54, 1.807) is 39.3 Å². The minimum atomic E-state index is -3.48. The van der Waals surface area contributed by atoms with Crippen LogP contribution in [0.2, 0.25) is 0 Å². The first-order valence-corrected chi connectivity index (χ1v) is 9.80. The number of hydrogen-bond acceptors (Lipinski definition) is 5. The average molecular weight is 356 g/mol. The van der Waals surface area contributed by atoms with Crippen molar-refractivity contribution < 1.29 is 17.9 Å². The van der Waals surface area contributed by atoms with Gasteiger partial charge in [0.2, 0.25) is 10.0 Å². The van der Waals surface area contributed by atoms with Gasteiger partial charge in [-0.1, -0.05) is 0 Å². The van der Waals surface area contributed by atoms with Gasteiger partial charge in [-0.3, -0.25) is 0 Å². The molecule has 0 radical (unpaired) electrons. The number of piperidine rings is 1. The van der Waals surface area contributed by atoms with E-state index in [4.69, 9.17) is 9.47 Å². The lowest BCUT2D eigenvalue weighted by molar-refractivity contribution is 0.121. The van der Waals surface area contributed by atoms with Gasteiger partial charge < -0.3 is 14.4 Å². The molecule has 0 bridgehead atoms. The lowest BCUT2D eigenvalue weighted by Gasteiger charge is -2.31. The summed E-state index contributed by atoms with van der Waals surface area (Å²) in [5.41, 5.74) is 0.691. The van der Waals surface area contributed by atoms with Crippen LogP contribution in [0.25, 0.3) is 0 Å². The zero-order valence-corrected chi connectivity index (χ0v) is 15.6. The van der Waals surface area contributed by atoms with E-state index in [2.05, 4.69) is 9.62 Å². The smallest absolute Gasteiger partial charge is 0.240 e. The summed E-state index contributed by atoms with van der Waals surface area (Å²) in [6.45, 7) is 5.96. The van der Waals surface area contributed by atoms with Crippen LogP contribution in [-0.4, -0.2) is 60.3 Å². The normalized spacial score (nSPS) is 17.1. The highest BCUT2D eigenvalue weighted by atomic mass is 32.2. The number of aryl methyl sites for hydroxylation is 1. The van der Waals surface area contributed by atoms with Crippen molar-refractivity contribution in [3.8, 4) is 5.75 Å². The van der Waals surface area contributed by atoms with Gasteiger partial charge in [-0.2, -0.15) is 0 Å². The Morgan fingerprint density at radius 1 is 1.25 bits per heavy atom. The van der Waals surface area contributed by atoms with E-state index in [9.17, 15) is 8.42 Å². The third-order valence-corrected chi connectivity index (χ3v) is 6.14. The summed E-state index contributed by atoms with van der Waals surface area (Å²) in [6, 6.07) is 5.02. The first-order valence-electron chi connectivity index (χ1n) is 8.32. The number of sulfonamides is 1. The Morgan fingerprint density at radius 3 is 2.54 bits per heavy atom. The molecule has 1 aromatic rings. The summed E-state index contributed by atoms with van der Waals surface area (Å²) in [5, 5.41) is 0. The molecule has 7 heteroatoms. The second-order valence-electron chi connectivity index (χ2n) is 6.26. The van der Waals surface area contributed by atoms with E-state index < -0.39 is 10.0 Å². The predicted octanol–water partition coefficient (Wildman–Crippen LogP) is 1.64. The van der Waals surface area contributed by atoms with Crippen molar-refractivity contribution in [3.05, 3.63) is 23.8 Å². The molecule has 0 saturated carbocycles. The monoisotopic (exact) mass is 356 g/mol. The number of likely N-dealkylation sites (tertiary alicyclic amines) is 1. The fraction of sp³-hybridized carbons (Fsp3) is 0.647. The minimum absolute atomic E-state index is 0.320. The van der Waals surface area contributed by atoms with Gasteiger partial charge in [0.1, 0.15) is 5.75 Å². The molecule has 1 N–H and O–H groups in total. The molecule has 136 valence electrons. The van der Waals surface area contributed by atoms with E-state index in [1.807, 2.05) is 0 Å². The first-order chi connectivity index (χ1) is 11.5. The molecule has 1 aromatic carbocycles. The summed E-state index contributed by atoms with van der Waals surface area (Å²) in [5.74, 6) is 1.05.